The Hall–Kier alpha value is -5.54. The van der Waals surface area contributed by atoms with E-state index in [1.165, 1.54) is 15.9 Å². The van der Waals surface area contributed by atoms with E-state index in [9.17, 15) is 4.79 Å². The molecule has 0 fully saturated rings. The van der Waals surface area contributed by atoms with Crippen LogP contribution in [-0.2, 0) is 0 Å². The summed E-state index contributed by atoms with van der Waals surface area (Å²) in [5.74, 6) is 1.78. The van der Waals surface area contributed by atoms with Crippen molar-refractivity contribution < 1.29 is 9.47 Å². The summed E-state index contributed by atoms with van der Waals surface area (Å²) in [6, 6.07) is 30.1. The van der Waals surface area contributed by atoms with Gasteiger partial charge in [-0.1, -0.05) is 78.1 Å². The smallest absolute Gasteiger partial charge is 0.291 e. The molecule has 44 heavy (non-hydrogen) atoms. The average molecular weight is 598 g/mol. The van der Waals surface area contributed by atoms with Gasteiger partial charge in [-0.25, -0.2) is 4.68 Å². The van der Waals surface area contributed by atoms with E-state index >= 15 is 0 Å². The molecule has 0 atom stereocenters. The van der Waals surface area contributed by atoms with Crippen LogP contribution < -0.4 is 19.6 Å². The predicted octanol–water partition coefficient (Wildman–Crippen LogP) is 6.28. The van der Waals surface area contributed by atoms with Gasteiger partial charge < -0.3 is 9.47 Å². The molecule has 0 radical (unpaired) electrons. The zero-order chi connectivity index (χ0) is 30.0. The summed E-state index contributed by atoms with van der Waals surface area (Å²) in [6.07, 6.45) is 7.49. The molecule has 3 heterocycles. The molecule has 0 amide bonds. The van der Waals surface area contributed by atoms with Crippen molar-refractivity contribution in [1.82, 2.24) is 24.4 Å². The summed E-state index contributed by atoms with van der Waals surface area (Å²) in [7, 11) is 1.61. The highest BCUT2D eigenvalue weighted by molar-refractivity contribution is 7.15. The third kappa shape index (κ3) is 5.25. The van der Waals surface area contributed by atoms with E-state index in [4.69, 9.17) is 14.6 Å². The SMILES string of the molecule is CCOc1ccc(/C=C/c2nc3s/c(=C\c4cn(-c5ccccc5)nc4-c4ccc5ccccc5c4)c(=O)n3n2)cc1OC. The third-order valence-corrected chi connectivity index (χ3v) is 8.14. The fourth-order valence-corrected chi connectivity index (χ4v) is 5.97. The summed E-state index contributed by atoms with van der Waals surface area (Å²) in [5, 5.41) is 11.7. The van der Waals surface area contributed by atoms with Gasteiger partial charge >= 0.3 is 0 Å². The third-order valence-electron chi connectivity index (χ3n) is 7.18. The first-order valence-corrected chi connectivity index (χ1v) is 15.0. The molecule has 0 aliphatic heterocycles. The summed E-state index contributed by atoms with van der Waals surface area (Å²) in [4.78, 5) is 18.6. The lowest BCUT2D eigenvalue weighted by Gasteiger charge is -2.09. The van der Waals surface area contributed by atoms with Crippen LogP contribution in [0, 0.1) is 0 Å². The molecule has 9 heteroatoms. The molecule has 0 N–H and O–H groups in total. The Morgan fingerprint density at radius 1 is 0.864 bits per heavy atom. The van der Waals surface area contributed by atoms with Gasteiger partial charge in [0.2, 0.25) is 4.96 Å². The highest BCUT2D eigenvalue weighted by Crippen LogP contribution is 2.29. The largest absolute Gasteiger partial charge is 0.493 e. The minimum absolute atomic E-state index is 0.225. The van der Waals surface area contributed by atoms with Crippen LogP contribution in [0.5, 0.6) is 11.5 Å². The lowest BCUT2D eigenvalue weighted by molar-refractivity contribution is 0.311. The van der Waals surface area contributed by atoms with Crippen molar-refractivity contribution in [2.24, 2.45) is 0 Å². The van der Waals surface area contributed by atoms with E-state index < -0.39 is 0 Å². The molecule has 0 aliphatic carbocycles. The number of methoxy groups -OCH3 is 1. The van der Waals surface area contributed by atoms with E-state index in [0.717, 1.165) is 38.8 Å². The number of rotatable bonds is 8. The number of para-hydroxylation sites is 1. The number of ether oxygens (including phenoxy) is 2. The van der Waals surface area contributed by atoms with E-state index in [2.05, 4.69) is 40.4 Å². The van der Waals surface area contributed by atoms with Gasteiger partial charge in [0.05, 0.1) is 23.9 Å². The molecule has 216 valence electrons. The zero-order valence-corrected chi connectivity index (χ0v) is 24.9. The highest BCUT2D eigenvalue weighted by Gasteiger charge is 2.14. The number of thiazole rings is 1. The van der Waals surface area contributed by atoms with Crippen molar-refractivity contribution in [2.45, 2.75) is 6.92 Å². The van der Waals surface area contributed by atoms with Gasteiger partial charge in [0.1, 0.15) is 5.69 Å². The molecule has 4 aromatic carbocycles. The first kappa shape index (κ1) is 27.3. The first-order chi connectivity index (χ1) is 21.6. The first-order valence-electron chi connectivity index (χ1n) is 14.1. The summed E-state index contributed by atoms with van der Waals surface area (Å²) in [6.45, 7) is 2.48. The van der Waals surface area contributed by atoms with Gasteiger partial charge in [-0.3, -0.25) is 4.79 Å². The zero-order valence-electron chi connectivity index (χ0n) is 24.0. The Labute approximate surface area is 256 Å². The number of hydrogen-bond acceptors (Lipinski definition) is 7. The molecule has 3 aromatic heterocycles. The Bertz CT molecular complexity index is 2270. The Morgan fingerprint density at radius 2 is 1.68 bits per heavy atom. The molecule has 0 unspecified atom stereocenters. The summed E-state index contributed by atoms with van der Waals surface area (Å²) < 4.78 is 14.8. The molecule has 0 spiro atoms. The minimum Gasteiger partial charge on any atom is -0.493 e. The van der Waals surface area contributed by atoms with E-state index in [0.29, 0.717) is 33.4 Å². The topological polar surface area (TPSA) is 83.5 Å². The van der Waals surface area contributed by atoms with Gasteiger partial charge in [-0.2, -0.15) is 14.6 Å². The van der Waals surface area contributed by atoms with Crippen molar-refractivity contribution in [3.8, 4) is 28.4 Å². The van der Waals surface area contributed by atoms with E-state index in [1.807, 2.05) is 90.6 Å². The maximum absolute atomic E-state index is 13.5. The molecule has 8 nitrogen and oxygen atoms in total. The Balaban J connectivity index is 1.26. The van der Waals surface area contributed by atoms with Gasteiger partial charge in [0, 0.05) is 17.3 Å². The van der Waals surface area contributed by atoms with E-state index in [1.54, 1.807) is 13.2 Å². The lowest BCUT2D eigenvalue weighted by atomic mass is 10.0. The quantitative estimate of drug-likeness (QED) is 0.205. The lowest BCUT2D eigenvalue weighted by Crippen LogP contribution is -2.23. The summed E-state index contributed by atoms with van der Waals surface area (Å²) >= 11 is 1.30. The number of fused-ring (bicyclic) bond motifs is 2. The Morgan fingerprint density at radius 3 is 2.48 bits per heavy atom. The van der Waals surface area contributed by atoms with Crippen LogP contribution in [0.15, 0.2) is 102 Å². The van der Waals surface area contributed by atoms with Gasteiger partial charge in [-0.15, -0.1) is 5.10 Å². The fraction of sp³-hybridized carbons (Fsp3) is 0.0857. The number of aromatic nitrogens is 5. The molecular weight excluding hydrogens is 570 g/mol. The number of hydrogen-bond donors (Lipinski definition) is 0. The molecule has 0 saturated heterocycles. The van der Waals surface area contributed by atoms with Crippen LogP contribution in [0.1, 0.15) is 23.9 Å². The van der Waals surface area contributed by atoms with Crippen LogP contribution in [0.4, 0.5) is 0 Å². The monoisotopic (exact) mass is 597 g/mol. The molecule has 0 bridgehead atoms. The molecular formula is C35H27N5O3S. The standard InChI is InChI=1S/C35H27N5O3S/c1-3-43-29-17-13-23(19-30(29)42-2)14-18-32-36-35-40(37-32)34(41)31(44-35)21-27-22-39(28-11-5-4-6-12-28)38-33(27)26-16-15-24-9-7-8-10-25(24)20-26/h4-22H,3H2,1-2H3/b18-14+,31-21-. The van der Waals surface area contributed by atoms with Crippen LogP contribution in [0.3, 0.4) is 0 Å². The van der Waals surface area contributed by atoms with Crippen LogP contribution in [-0.4, -0.2) is 38.1 Å². The predicted molar refractivity (Wildman–Crippen MR) is 176 cm³/mol. The van der Waals surface area contributed by atoms with Crippen LogP contribution >= 0.6 is 11.3 Å². The number of benzene rings is 4. The highest BCUT2D eigenvalue weighted by atomic mass is 32.1. The second-order valence-electron chi connectivity index (χ2n) is 10.0. The molecule has 7 rings (SSSR count). The van der Waals surface area contributed by atoms with Crippen LogP contribution in [0.25, 0.3) is 50.9 Å². The second kappa shape index (κ2) is 11.6. The Kier molecular flexibility index (Phi) is 7.21. The second-order valence-corrected chi connectivity index (χ2v) is 11.0. The normalized spacial score (nSPS) is 12.1. The van der Waals surface area contributed by atoms with E-state index in [-0.39, 0.29) is 5.56 Å². The summed E-state index contributed by atoms with van der Waals surface area (Å²) in [5.41, 5.74) is 4.19. The van der Waals surface area contributed by atoms with Crippen molar-refractivity contribution in [3.63, 3.8) is 0 Å². The van der Waals surface area contributed by atoms with Crippen LogP contribution in [0.2, 0.25) is 0 Å². The van der Waals surface area contributed by atoms with Gasteiger partial charge in [0.15, 0.2) is 17.3 Å². The maximum atomic E-state index is 13.5. The van der Waals surface area contributed by atoms with Crippen molar-refractivity contribution in [2.75, 3.05) is 13.7 Å². The molecule has 0 aliphatic rings. The van der Waals surface area contributed by atoms with Crippen molar-refractivity contribution in [1.29, 1.82) is 0 Å². The molecule has 7 aromatic rings. The molecule has 0 saturated carbocycles. The maximum Gasteiger partial charge on any atom is 0.291 e. The van der Waals surface area contributed by atoms with Gasteiger partial charge in [-0.05, 0) is 65.7 Å². The number of nitrogens with zero attached hydrogens (tertiary/aromatic N) is 5. The fourth-order valence-electron chi connectivity index (χ4n) is 5.06. The van der Waals surface area contributed by atoms with Crippen molar-refractivity contribution in [3.05, 3.63) is 129 Å². The average Bonchev–Trinajstić information content (AvgIpc) is 3.75. The van der Waals surface area contributed by atoms with Crippen molar-refractivity contribution >= 4 is 45.3 Å². The minimum atomic E-state index is -0.225. The van der Waals surface area contributed by atoms with Gasteiger partial charge in [0.25, 0.3) is 5.56 Å².